The molecule has 0 saturated carbocycles. The molecule has 2 aromatic carbocycles. The van der Waals surface area contributed by atoms with Gasteiger partial charge in [-0.05, 0) is 49.8 Å². The van der Waals surface area contributed by atoms with Crippen LogP contribution in [-0.4, -0.2) is 51.0 Å². The van der Waals surface area contributed by atoms with Gasteiger partial charge in [0.15, 0.2) is 5.76 Å². The van der Waals surface area contributed by atoms with Crippen LogP contribution in [0.4, 0.5) is 21.9 Å². The lowest BCUT2D eigenvalue weighted by molar-refractivity contribution is -0.384. The first-order valence-corrected chi connectivity index (χ1v) is 12.9. The number of ether oxygens (including phenoxy) is 3. The number of nitrogens with zero attached hydrogens (tertiary/aromatic N) is 3. The van der Waals surface area contributed by atoms with Crippen LogP contribution in [0.5, 0.6) is 5.75 Å². The van der Waals surface area contributed by atoms with Gasteiger partial charge in [0.05, 0.1) is 36.8 Å². The van der Waals surface area contributed by atoms with E-state index in [2.05, 4.69) is 26.6 Å². The Labute approximate surface area is 233 Å². The van der Waals surface area contributed by atoms with Crippen molar-refractivity contribution in [1.82, 2.24) is 5.32 Å². The molecule has 4 rings (SSSR count). The number of dihydropyridines is 1. The number of nitro benzene ring substituents is 1. The normalized spacial score (nSPS) is 15.8. The van der Waals surface area contributed by atoms with Gasteiger partial charge < -0.3 is 29.7 Å². The van der Waals surface area contributed by atoms with Crippen LogP contribution >= 0.6 is 0 Å². The number of benzene rings is 2. The van der Waals surface area contributed by atoms with Gasteiger partial charge in [0.2, 0.25) is 0 Å². The van der Waals surface area contributed by atoms with E-state index in [9.17, 15) is 14.9 Å². The Kier molecular flexibility index (Phi) is 9.05. The molecule has 0 fully saturated rings. The SMILES string of the molecule is CCN(CCNC(=O)Nc1ccc(OC2=CC=NC3=CC(OC)=C(OC)CC32)cc1[N+](=O)[O-])c1cccc(C)c1. The van der Waals surface area contributed by atoms with Crippen molar-refractivity contribution in [3.63, 3.8) is 0 Å². The van der Waals surface area contributed by atoms with Crippen molar-refractivity contribution >= 4 is 29.3 Å². The Morgan fingerprint density at radius 2 is 2.02 bits per heavy atom. The summed E-state index contributed by atoms with van der Waals surface area (Å²) in [6, 6.07) is 11.9. The van der Waals surface area contributed by atoms with Crippen molar-refractivity contribution in [2.24, 2.45) is 10.9 Å². The van der Waals surface area contributed by atoms with Gasteiger partial charge in [0, 0.05) is 44.0 Å². The maximum absolute atomic E-state index is 12.6. The summed E-state index contributed by atoms with van der Waals surface area (Å²) in [5.41, 5.74) is 2.74. The largest absolute Gasteiger partial charge is 0.497 e. The zero-order valence-corrected chi connectivity index (χ0v) is 23.0. The Balaban J connectivity index is 1.40. The third-order valence-corrected chi connectivity index (χ3v) is 6.64. The number of carbonyl (C=O) groups excluding carboxylic acids is 1. The van der Waals surface area contributed by atoms with Gasteiger partial charge in [-0.15, -0.1) is 0 Å². The number of aliphatic imine (C=N–C) groups is 1. The fourth-order valence-corrected chi connectivity index (χ4v) is 4.59. The van der Waals surface area contributed by atoms with Gasteiger partial charge in [-0.2, -0.15) is 0 Å². The summed E-state index contributed by atoms with van der Waals surface area (Å²) >= 11 is 0. The highest BCUT2D eigenvalue weighted by atomic mass is 16.6. The molecule has 40 heavy (non-hydrogen) atoms. The maximum Gasteiger partial charge on any atom is 0.319 e. The number of urea groups is 1. The van der Waals surface area contributed by atoms with Crippen LogP contribution in [0.2, 0.25) is 0 Å². The number of hydrogen-bond acceptors (Lipinski definition) is 8. The number of hydrogen-bond donors (Lipinski definition) is 2. The van der Waals surface area contributed by atoms with Crippen molar-refractivity contribution < 1.29 is 23.9 Å². The van der Waals surface area contributed by atoms with Crippen molar-refractivity contribution in [2.45, 2.75) is 20.3 Å². The number of amides is 2. The number of aryl methyl sites for hydroxylation is 1. The Morgan fingerprint density at radius 3 is 2.73 bits per heavy atom. The quantitative estimate of drug-likeness (QED) is 0.288. The lowest BCUT2D eigenvalue weighted by atomic mass is 9.91. The second-order valence-corrected chi connectivity index (χ2v) is 9.21. The van der Waals surface area contributed by atoms with Gasteiger partial charge in [0.25, 0.3) is 5.69 Å². The average molecular weight is 548 g/mol. The summed E-state index contributed by atoms with van der Waals surface area (Å²) in [6.45, 7) is 5.79. The van der Waals surface area contributed by atoms with Gasteiger partial charge in [0.1, 0.15) is 23.0 Å². The summed E-state index contributed by atoms with van der Waals surface area (Å²) in [5.74, 6) is 1.84. The van der Waals surface area contributed by atoms with Crippen molar-refractivity contribution in [2.75, 3.05) is 44.1 Å². The molecule has 1 unspecified atom stereocenters. The number of nitro groups is 1. The van der Waals surface area contributed by atoms with E-state index >= 15 is 0 Å². The molecule has 2 amide bonds. The van der Waals surface area contributed by atoms with E-state index in [1.165, 1.54) is 12.1 Å². The fourth-order valence-electron chi connectivity index (χ4n) is 4.59. The van der Waals surface area contributed by atoms with E-state index in [1.54, 1.807) is 38.7 Å². The Morgan fingerprint density at radius 1 is 1.20 bits per heavy atom. The summed E-state index contributed by atoms with van der Waals surface area (Å²) in [4.78, 5) is 30.4. The van der Waals surface area contributed by atoms with Crippen LogP contribution in [0.15, 0.2) is 82.6 Å². The van der Waals surface area contributed by atoms with Crippen LogP contribution < -0.4 is 20.3 Å². The zero-order chi connectivity index (χ0) is 28.6. The molecule has 0 saturated heterocycles. The second-order valence-electron chi connectivity index (χ2n) is 9.21. The maximum atomic E-state index is 12.6. The van der Waals surface area contributed by atoms with E-state index in [-0.39, 0.29) is 23.0 Å². The molecule has 1 aliphatic carbocycles. The molecular weight excluding hydrogens is 514 g/mol. The summed E-state index contributed by atoms with van der Waals surface area (Å²) < 4.78 is 16.9. The fraction of sp³-hybridized carbons (Fsp3) is 0.310. The highest BCUT2D eigenvalue weighted by molar-refractivity contribution is 5.92. The summed E-state index contributed by atoms with van der Waals surface area (Å²) in [7, 11) is 3.13. The minimum absolute atomic E-state index is 0.0626. The minimum atomic E-state index is -0.557. The van der Waals surface area contributed by atoms with Gasteiger partial charge in [-0.25, -0.2) is 4.79 Å². The van der Waals surface area contributed by atoms with E-state index in [1.807, 2.05) is 32.0 Å². The summed E-state index contributed by atoms with van der Waals surface area (Å²) in [6.07, 6.45) is 5.58. The molecule has 210 valence electrons. The van der Waals surface area contributed by atoms with Crippen LogP contribution in [0.3, 0.4) is 0 Å². The molecule has 1 atom stereocenters. The average Bonchev–Trinajstić information content (AvgIpc) is 2.95. The van der Waals surface area contributed by atoms with Crippen LogP contribution in [0.25, 0.3) is 0 Å². The van der Waals surface area contributed by atoms with Gasteiger partial charge in [-0.1, -0.05) is 12.1 Å². The Hall–Kier alpha value is -4.80. The molecule has 11 nitrogen and oxygen atoms in total. The number of rotatable bonds is 11. The van der Waals surface area contributed by atoms with E-state index in [4.69, 9.17) is 14.2 Å². The molecule has 0 radical (unpaired) electrons. The molecule has 0 aromatic heterocycles. The molecule has 1 heterocycles. The molecule has 2 aliphatic rings. The lowest BCUT2D eigenvalue weighted by Gasteiger charge is -2.28. The third-order valence-electron chi connectivity index (χ3n) is 6.64. The molecule has 2 aromatic rings. The molecular formula is C29H33N5O6. The molecule has 0 spiro atoms. The smallest absolute Gasteiger partial charge is 0.319 e. The van der Waals surface area contributed by atoms with Gasteiger partial charge >= 0.3 is 6.03 Å². The highest BCUT2D eigenvalue weighted by Gasteiger charge is 2.31. The number of nitrogens with one attached hydrogen (secondary N) is 2. The first-order chi connectivity index (χ1) is 19.3. The number of carbonyl (C=O) groups is 1. The predicted molar refractivity (Wildman–Crippen MR) is 154 cm³/mol. The van der Waals surface area contributed by atoms with E-state index < -0.39 is 11.0 Å². The monoisotopic (exact) mass is 547 g/mol. The number of methoxy groups -OCH3 is 2. The number of allylic oxidation sites excluding steroid dienone is 3. The Bertz CT molecular complexity index is 1400. The topological polar surface area (TPSA) is 128 Å². The molecule has 11 heteroatoms. The minimum Gasteiger partial charge on any atom is -0.497 e. The molecule has 2 N–H and O–H groups in total. The van der Waals surface area contributed by atoms with Crippen LogP contribution in [0.1, 0.15) is 18.9 Å². The van der Waals surface area contributed by atoms with E-state index in [0.717, 1.165) is 23.5 Å². The molecule has 0 bridgehead atoms. The third kappa shape index (κ3) is 6.60. The van der Waals surface area contributed by atoms with Gasteiger partial charge in [-0.3, -0.25) is 15.1 Å². The van der Waals surface area contributed by atoms with Crippen LogP contribution in [-0.2, 0) is 9.47 Å². The first kappa shape index (κ1) is 28.2. The predicted octanol–water partition coefficient (Wildman–Crippen LogP) is 5.31. The van der Waals surface area contributed by atoms with Crippen molar-refractivity contribution in [3.05, 3.63) is 93.3 Å². The molecule has 1 aliphatic heterocycles. The summed E-state index contributed by atoms with van der Waals surface area (Å²) in [5, 5.41) is 17.2. The van der Waals surface area contributed by atoms with Crippen molar-refractivity contribution in [1.29, 1.82) is 0 Å². The second kappa shape index (κ2) is 12.8. The first-order valence-electron chi connectivity index (χ1n) is 12.9. The zero-order valence-electron chi connectivity index (χ0n) is 23.0. The number of fused-ring (bicyclic) bond motifs is 1. The van der Waals surface area contributed by atoms with Crippen LogP contribution in [0, 0.1) is 23.0 Å². The van der Waals surface area contributed by atoms with Crippen molar-refractivity contribution in [3.8, 4) is 5.75 Å². The van der Waals surface area contributed by atoms with E-state index in [0.29, 0.717) is 36.8 Å². The highest BCUT2D eigenvalue weighted by Crippen LogP contribution is 2.39. The number of likely N-dealkylation sites (N-methyl/N-ethyl adjacent to an activating group) is 1. The number of anilines is 2. The standard InChI is InChI=1S/C29H33N5O6/c1-5-33(20-8-6-7-19(2)15-20)14-13-31-29(35)32-23-10-9-21(16-25(23)34(36)37)40-26-11-12-30-24-18-28(39-4)27(38-3)17-22(24)26/h6-12,15-16,18,22H,5,13-14,17H2,1-4H3,(H2,31,32,35). The lowest BCUT2D eigenvalue weighted by Crippen LogP contribution is -2.37.